The van der Waals surface area contributed by atoms with Crippen LogP contribution in [0.5, 0.6) is 5.75 Å². The fourth-order valence-corrected chi connectivity index (χ4v) is 2.79. The second-order valence-electron chi connectivity index (χ2n) is 4.58. The molecule has 0 amide bonds. The summed E-state index contributed by atoms with van der Waals surface area (Å²) >= 11 is 1.33. The summed E-state index contributed by atoms with van der Waals surface area (Å²) in [5, 5.41) is 3.88. The fourth-order valence-electron chi connectivity index (χ4n) is 1.99. The summed E-state index contributed by atoms with van der Waals surface area (Å²) in [6, 6.07) is 16.8. The van der Waals surface area contributed by atoms with Gasteiger partial charge in [0.15, 0.2) is 5.13 Å². The zero-order chi connectivity index (χ0) is 15.4. The molecule has 5 heteroatoms. The molecule has 0 fully saturated rings. The first kappa shape index (κ1) is 14.3. The summed E-state index contributed by atoms with van der Waals surface area (Å²) in [6.07, 6.45) is 1.59. The Bertz CT molecular complexity index is 784. The summed E-state index contributed by atoms with van der Waals surface area (Å²) in [5.74, 6) is 0.607. The molecule has 4 nitrogen and oxygen atoms in total. The van der Waals surface area contributed by atoms with Gasteiger partial charge in [0.1, 0.15) is 5.75 Å². The number of methoxy groups -OCH3 is 1. The maximum absolute atomic E-state index is 12.5. The van der Waals surface area contributed by atoms with Crippen molar-refractivity contribution in [2.24, 2.45) is 0 Å². The predicted octanol–water partition coefficient (Wildman–Crippen LogP) is 4.13. The van der Waals surface area contributed by atoms with Gasteiger partial charge in [-0.3, -0.25) is 4.79 Å². The minimum atomic E-state index is -0.0579. The molecular weight excluding hydrogens is 296 g/mol. The van der Waals surface area contributed by atoms with E-state index in [1.165, 1.54) is 11.3 Å². The lowest BCUT2D eigenvalue weighted by Crippen LogP contribution is -1.98. The Morgan fingerprint density at radius 2 is 1.95 bits per heavy atom. The number of thiazole rings is 1. The van der Waals surface area contributed by atoms with Crippen LogP contribution in [-0.2, 0) is 0 Å². The minimum Gasteiger partial charge on any atom is -0.497 e. The largest absolute Gasteiger partial charge is 0.497 e. The third-order valence-electron chi connectivity index (χ3n) is 3.09. The molecule has 0 saturated carbocycles. The number of aromatic nitrogens is 1. The van der Waals surface area contributed by atoms with Gasteiger partial charge in [0.25, 0.3) is 0 Å². The van der Waals surface area contributed by atoms with Crippen LogP contribution < -0.4 is 10.1 Å². The van der Waals surface area contributed by atoms with Crippen molar-refractivity contribution in [1.82, 2.24) is 4.98 Å². The number of anilines is 2. The molecular formula is C17H14N2O2S. The molecule has 0 radical (unpaired) electrons. The molecule has 3 rings (SSSR count). The Balaban J connectivity index is 1.79. The first-order valence-corrected chi connectivity index (χ1v) is 7.54. The van der Waals surface area contributed by atoms with Gasteiger partial charge < -0.3 is 10.1 Å². The van der Waals surface area contributed by atoms with Crippen LogP contribution in [0, 0.1) is 0 Å². The lowest BCUT2D eigenvalue weighted by Gasteiger charge is -2.02. The number of nitrogens with one attached hydrogen (secondary N) is 1. The van der Waals surface area contributed by atoms with E-state index < -0.39 is 0 Å². The number of nitrogens with zero attached hydrogens (tertiary/aromatic N) is 1. The predicted molar refractivity (Wildman–Crippen MR) is 88.3 cm³/mol. The molecule has 0 aliphatic heterocycles. The van der Waals surface area contributed by atoms with Crippen LogP contribution in [0.15, 0.2) is 60.8 Å². The number of para-hydroxylation sites is 1. The van der Waals surface area contributed by atoms with Gasteiger partial charge in [-0.05, 0) is 24.3 Å². The van der Waals surface area contributed by atoms with Crippen LogP contribution in [0.2, 0.25) is 0 Å². The van der Waals surface area contributed by atoms with Crippen molar-refractivity contribution >= 4 is 27.9 Å². The molecule has 110 valence electrons. The molecule has 0 unspecified atom stereocenters. The van der Waals surface area contributed by atoms with Crippen molar-refractivity contribution in [2.45, 2.75) is 0 Å². The maximum Gasteiger partial charge on any atom is 0.204 e. The molecule has 0 saturated heterocycles. The first-order chi connectivity index (χ1) is 10.8. The summed E-state index contributed by atoms with van der Waals surface area (Å²) in [6.45, 7) is 0. The number of hydrogen-bond acceptors (Lipinski definition) is 5. The Hall–Kier alpha value is -2.66. The zero-order valence-corrected chi connectivity index (χ0v) is 12.8. The number of benzene rings is 2. The van der Waals surface area contributed by atoms with Crippen molar-refractivity contribution in [2.75, 3.05) is 12.4 Å². The molecule has 3 aromatic rings. The third kappa shape index (κ3) is 3.15. The van der Waals surface area contributed by atoms with Crippen LogP contribution in [0.4, 0.5) is 10.8 Å². The van der Waals surface area contributed by atoms with Gasteiger partial charge in [-0.1, -0.05) is 41.7 Å². The molecule has 0 atom stereocenters. The highest BCUT2D eigenvalue weighted by atomic mass is 32.1. The van der Waals surface area contributed by atoms with Crippen molar-refractivity contribution < 1.29 is 9.53 Å². The van der Waals surface area contributed by atoms with Crippen molar-refractivity contribution in [3.8, 4) is 5.75 Å². The van der Waals surface area contributed by atoms with Gasteiger partial charge in [0.2, 0.25) is 5.78 Å². The highest BCUT2D eigenvalue weighted by Crippen LogP contribution is 2.25. The Labute approximate surface area is 132 Å². The summed E-state index contributed by atoms with van der Waals surface area (Å²) in [5.41, 5.74) is 1.53. The topological polar surface area (TPSA) is 51.2 Å². The van der Waals surface area contributed by atoms with Crippen molar-refractivity contribution in [3.05, 3.63) is 71.2 Å². The smallest absolute Gasteiger partial charge is 0.204 e. The van der Waals surface area contributed by atoms with E-state index >= 15 is 0 Å². The third-order valence-corrected chi connectivity index (χ3v) is 4.00. The van der Waals surface area contributed by atoms with E-state index in [9.17, 15) is 4.79 Å². The van der Waals surface area contributed by atoms with Crippen LogP contribution in [0.3, 0.4) is 0 Å². The second-order valence-corrected chi connectivity index (χ2v) is 5.61. The lowest BCUT2D eigenvalue weighted by molar-refractivity contribution is 0.104. The van der Waals surface area contributed by atoms with Gasteiger partial charge in [-0.15, -0.1) is 0 Å². The first-order valence-electron chi connectivity index (χ1n) is 6.73. The molecule has 1 heterocycles. The fraction of sp³-hybridized carbons (Fsp3) is 0.0588. The second kappa shape index (κ2) is 6.41. The minimum absolute atomic E-state index is 0.0579. The molecule has 0 spiro atoms. The van der Waals surface area contributed by atoms with E-state index in [-0.39, 0.29) is 5.78 Å². The average molecular weight is 310 g/mol. The lowest BCUT2D eigenvalue weighted by atomic mass is 10.1. The number of carbonyl (C=O) groups is 1. The maximum atomic E-state index is 12.5. The average Bonchev–Trinajstić information content (AvgIpc) is 3.03. The molecule has 22 heavy (non-hydrogen) atoms. The van der Waals surface area contributed by atoms with Crippen molar-refractivity contribution in [3.63, 3.8) is 0 Å². The number of ketones is 1. The monoisotopic (exact) mass is 310 g/mol. The molecule has 0 bridgehead atoms. The highest BCUT2D eigenvalue weighted by molar-refractivity contribution is 7.17. The van der Waals surface area contributed by atoms with Crippen molar-refractivity contribution in [1.29, 1.82) is 0 Å². The zero-order valence-electron chi connectivity index (χ0n) is 11.9. The van der Waals surface area contributed by atoms with Crippen LogP contribution in [0.1, 0.15) is 15.2 Å². The number of ether oxygens (including phenoxy) is 1. The van der Waals surface area contributed by atoms with Gasteiger partial charge >= 0.3 is 0 Å². The van der Waals surface area contributed by atoms with E-state index in [1.807, 2.05) is 36.4 Å². The van der Waals surface area contributed by atoms with E-state index in [1.54, 1.807) is 31.5 Å². The standard InChI is InChI=1S/C17H14N2O2S/c1-21-14-9-5-6-12(10-14)16(20)15-11-18-17(22-15)19-13-7-3-2-4-8-13/h2-11H,1H3,(H,18,19). The van der Waals surface area contributed by atoms with Gasteiger partial charge in [0, 0.05) is 11.3 Å². The number of hydrogen-bond donors (Lipinski definition) is 1. The SMILES string of the molecule is COc1cccc(C(=O)c2cnc(Nc3ccccc3)s2)c1. The molecule has 0 aliphatic carbocycles. The molecule has 0 aliphatic rings. The van der Waals surface area contributed by atoms with Crippen LogP contribution >= 0.6 is 11.3 Å². The van der Waals surface area contributed by atoms with E-state index in [0.29, 0.717) is 21.3 Å². The normalized spacial score (nSPS) is 10.2. The Morgan fingerprint density at radius 3 is 2.73 bits per heavy atom. The summed E-state index contributed by atoms with van der Waals surface area (Å²) < 4.78 is 5.15. The highest BCUT2D eigenvalue weighted by Gasteiger charge is 2.13. The van der Waals surface area contributed by atoms with Crippen LogP contribution in [0.25, 0.3) is 0 Å². The summed E-state index contributed by atoms with van der Waals surface area (Å²) in [4.78, 5) is 17.3. The van der Waals surface area contributed by atoms with E-state index in [0.717, 1.165) is 5.69 Å². The number of carbonyl (C=O) groups excluding carboxylic acids is 1. The quantitative estimate of drug-likeness (QED) is 0.720. The molecule has 1 aromatic heterocycles. The van der Waals surface area contributed by atoms with E-state index in [2.05, 4.69) is 10.3 Å². The van der Waals surface area contributed by atoms with Gasteiger partial charge in [-0.2, -0.15) is 0 Å². The van der Waals surface area contributed by atoms with Gasteiger partial charge in [0.05, 0.1) is 18.2 Å². The Kier molecular flexibility index (Phi) is 4.16. The molecule has 2 aromatic carbocycles. The van der Waals surface area contributed by atoms with E-state index in [4.69, 9.17) is 4.74 Å². The molecule has 1 N–H and O–H groups in total. The number of rotatable bonds is 5. The Morgan fingerprint density at radius 1 is 1.14 bits per heavy atom. The van der Waals surface area contributed by atoms with Gasteiger partial charge in [-0.25, -0.2) is 4.98 Å². The van der Waals surface area contributed by atoms with Crippen LogP contribution in [-0.4, -0.2) is 17.9 Å². The summed E-state index contributed by atoms with van der Waals surface area (Å²) in [7, 11) is 1.58.